The Hall–Kier alpha value is -0.120. The molecule has 0 spiro atoms. The van der Waals surface area contributed by atoms with Gasteiger partial charge in [-0.25, -0.2) is 0 Å². The zero-order chi connectivity index (χ0) is 8.69. The molecule has 68 valence electrons. The summed E-state index contributed by atoms with van der Waals surface area (Å²) < 4.78 is 5.26. The maximum atomic E-state index is 8.83. The zero-order valence-electron chi connectivity index (χ0n) is 7.71. The SMILES string of the molecule is CCOC(CO)CCN(C)C. The van der Waals surface area contributed by atoms with Crippen LogP contribution in [0.25, 0.3) is 0 Å². The summed E-state index contributed by atoms with van der Waals surface area (Å²) in [5.41, 5.74) is 0. The van der Waals surface area contributed by atoms with Crippen LogP contribution in [0.5, 0.6) is 0 Å². The third-order valence-electron chi connectivity index (χ3n) is 1.50. The highest BCUT2D eigenvalue weighted by Crippen LogP contribution is 1.97. The molecule has 3 nitrogen and oxygen atoms in total. The molecule has 0 heterocycles. The van der Waals surface area contributed by atoms with E-state index >= 15 is 0 Å². The Morgan fingerprint density at radius 2 is 2.09 bits per heavy atom. The molecule has 11 heavy (non-hydrogen) atoms. The number of aliphatic hydroxyl groups is 1. The molecule has 0 aromatic heterocycles. The molecule has 0 aromatic carbocycles. The van der Waals surface area contributed by atoms with Crippen molar-refractivity contribution in [3.05, 3.63) is 0 Å². The number of aliphatic hydroxyl groups excluding tert-OH is 1. The maximum Gasteiger partial charge on any atom is 0.0817 e. The van der Waals surface area contributed by atoms with Gasteiger partial charge >= 0.3 is 0 Å². The van der Waals surface area contributed by atoms with E-state index in [-0.39, 0.29) is 12.7 Å². The molecule has 0 radical (unpaired) electrons. The predicted molar refractivity (Wildman–Crippen MR) is 45.7 cm³/mol. The van der Waals surface area contributed by atoms with Gasteiger partial charge in [0, 0.05) is 13.2 Å². The van der Waals surface area contributed by atoms with Crippen LogP contribution in [0.1, 0.15) is 13.3 Å². The highest BCUT2D eigenvalue weighted by molar-refractivity contribution is 4.57. The fraction of sp³-hybridized carbons (Fsp3) is 1.00. The normalized spacial score (nSPS) is 13.9. The van der Waals surface area contributed by atoms with Crippen LogP contribution in [0.2, 0.25) is 0 Å². The second-order valence-electron chi connectivity index (χ2n) is 2.85. The molecule has 1 unspecified atom stereocenters. The summed E-state index contributed by atoms with van der Waals surface area (Å²) in [6.07, 6.45) is 0.916. The van der Waals surface area contributed by atoms with E-state index in [2.05, 4.69) is 4.90 Å². The lowest BCUT2D eigenvalue weighted by Crippen LogP contribution is -2.24. The summed E-state index contributed by atoms with van der Waals surface area (Å²) in [4.78, 5) is 2.08. The number of hydrogen-bond donors (Lipinski definition) is 1. The topological polar surface area (TPSA) is 32.7 Å². The number of hydrogen-bond acceptors (Lipinski definition) is 3. The summed E-state index contributed by atoms with van der Waals surface area (Å²) in [5, 5.41) is 8.83. The van der Waals surface area contributed by atoms with Crippen LogP contribution in [0.15, 0.2) is 0 Å². The summed E-state index contributed by atoms with van der Waals surface area (Å²) in [6.45, 7) is 3.71. The predicted octanol–water partition coefficient (Wildman–Crippen LogP) is 0.335. The van der Waals surface area contributed by atoms with Crippen molar-refractivity contribution in [3.63, 3.8) is 0 Å². The van der Waals surface area contributed by atoms with Crippen molar-refractivity contribution < 1.29 is 9.84 Å². The number of ether oxygens (including phenoxy) is 1. The molecule has 0 amide bonds. The monoisotopic (exact) mass is 161 g/mol. The summed E-state index contributed by atoms with van der Waals surface area (Å²) in [5.74, 6) is 0. The lowest BCUT2D eigenvalue weighted by atomic mass is 10.2. The van der Waals surface area contributed by atoms with Gasteiger partial charge in [-0.05, 0) is 27.4 Å². The smallest absolute Gasteiger partial charge is 0.0817 e. The molecule has 0 bridgehead atoms. The van der Waals surface area contributed by atoms with E-state index in [1.807, 2.05) is 21.0 Å². The molecule has 1 atom stereocenters. The molecule has 0 saturated carbocycles. The van der Waals surface area contributed by atoms with Crippen LogP contribution in [-0.4, -0.2) is 50.0 Å². The van der Waals surface area contributed by atoms with Gasteiger partial charge in [0.25, 0.3) is 0 Å². The summed E-state index contributed by atoms with van der Waals surface area (Å²) in [7, 11) is 4.03. The standard InChI is InChI=1S/C8H19NO2/c1-4-11-8(7-10)5-6-9(2)3/h8,10H,4-7H2,1-3H3. The van der Waals surface area contributed by atoms with Crippen molar-refractivity contribution in [2.75, 3.05) is 33.9 Å². The van der Waals surface area contributed by atoms with Crippen molar-refractivity contribution in [2.45, 2.75) is 19.4 Å². The molecule has 0 fully saturated rings. The van der Waals surface area contributed by atoms with Gasteiger partial charge < -0.3 is 14.7 Å². The molecule has 3 heteroatoms. The van der Waals surface area contributed by atoms with Crippen molar-refractivity contribution in [1.29, 1.82) is 0 Å². The Kier molecular flexibility index (Phi) is 6.51. The average Bonchev–Trinajstić information content (AvgIpc) is 1.97. The minimum Gasteiger partial charge on any atom is -0.394 e. The lowest BCUT2D eigenvalue weighted by Gasteiger charge is -2.16. The molecular formula is C8H19NO2. The van der Waals surface area contributed by atoms with E-state index in [9.17, 15) is 0 Å². The molecule has 0 aliphatic rings. The van der Waals surface area contributed by atoms with Gasteiger partial charge in [0.2, 0.25) is 0 Å². The van der Waals surface area contributed by atoms with Gasteiger partial charge in [0.05, 0.1) is 12.7 Å². The highest BCUT2D eigenvalue weighted by atomic mass is 16.5. The van der Waals surface area contributed by atoms with Crippen molar-refractivity contribution in [1.82, 2.24) is 4.90 Å². The van der Waals surface area contributed by atoms with Gasteiger partial charge in [-0.15, -0.1) is 0 Å². The Morgan fingerprint density at radius 3 is 2.45 bits per heavy atom. The Balaban J connectivity index is 3.35. The highest BCUT2D eigenvalue weighted by Gasteiger charge is 2.05. The van der Waals surface area contributed by atoms with E-state index in [1.165, 1.54) is 0 Å². The second-order valence-corrected chi connectivity index (χ2v) is 2.85. The Bertz CT molecular complexity index is 86.2. The van der Waals surface area contributed by atoms with Crippen molar-refractivity contribution in [2.24, 2.45) is 0 Å². The zero-order valence-corrected chi connectivity index (χ0v) is 7.71. The first-order chi connectivity index (χ1) is 5.20. The van der Waals surface area contributed by atoms with Crippen molar-refractivity contribution >= 4 is 0 Å². The molecule has 0 rings (SSSR count). The minimum absolute atomic E-state index is 0.0161. The number of nitrogens with zero attached hydrogens (tertiary/aromatic N) is 1. The van der Waals surface area contributed by atoms with Crippen LogP contribution < -0.4 is 0 Å². The van der Waals surface area contributed by atoms with Gasteiger partial charge in [-0.1, -0.05) is 0 Å². The van der Waals surface area contributed by atoms with E-state index in [0.717, 1.165) is 13.0 Å². The summed E-state index contributed by atoms with van der Waals surface area (Å²) in [6, 6.07) is 0. The second kappa shape index (κ2) is 6.58. The third kappa shape index (κ3) is 6.28. The van der Waals surface area contributed by atoms with E-state index in [0.29, 0.717) is 6.61 Å². The third-order valence-corrected chi connectivity index (χ3v) is 1.50. The van der Waals surface area contributed by atoms with Crippen molar-refractivity contribution in [3.8, 4) is 0 Å². The molecular weight excluding hydrogens is 142 g/mol. The van der Waals surface area contributed by atoms with Crippen LogP contribution in [0, 0.1) is 0 Å². The number of rotatable bonds is 6. The Morgan fingerprint density at radius 1 is 1.45 bits per heavy atom. The fourth-order valence-corrected chi connectivity index (χ4v) is 0.865. The van der Waals surface area contributed by atoms with Crippen LogP contribution in [0.4, 0.5) is 0 Å². The first kappa shape index (κ1) is 10.9. The van der Waals surface area contributed by atoms with Gasteiger partial charge in [0.15, 0.2) is 0 Å². The van der Waals surface area contributed by atoms with Crippen LogP contribution in [0.3, 0.4) is 0 Å². The van der Waals surface area contributed by atoms with E-state index in [4.69, 9.17) is 9.84 Å². The van der Waals surface area contributed by atoms with Gasteiger partial charge in [-0.2, -0.15) is 0 Å². The first-order valence-corrected chi connectivity index (χ1v) is 4.07. The minimum atomic E-state index is 0.0161. The Labute approximate surface area is 69.0 Å². The van der Waals surface area contributed by atoms with Crippen LogP contribution in [-0.2, 0) is 4.74 Å². The molecule has 1 N–H and O–H groups in total. The largest absolute Gasteiger partial charge is 0.394 e. The summed E-state index contributed by atoms with van der Waals surface area (Å²) >= 11 is 0. The molecule has 0 aromatic rings. The maximum absolute atomic E-state index is 8.83. The van der Waals surface area contributed by atoms with E-state index in [1.54, 1.807) is 0 Å². The first-order valence-electron chi connectivity index (χ1n) is 4.07. The van der Waals surface area contributed by atoms with Crippen LogP contribution >= 0.6 is 0 Å². The van der Waals surface area contributed by atoms with Gasteiger partial charge in [0.1, 0.15) is 0 Å². The van der Waals surface area contributed by atoms with Gasteiger partial charge in [-0.3, -0.25) is 0 Å². The molecule has 0 aliphatic carbocycles. The molecule has 0 saturated heterocycles. The average molecular weight is 161 g/mol. The lowest BCUT2D eigenvalue weighted by molar-refractivity contribution is 0.0115. The fourth-order valence-electron chi connectivity index (χ4n) is 0.865. The quantitative estimate of drug-likeness (QED) is 0.609. The molecule has 0 aliphatic heterocycles. The van der Waals surface area contributed by atoms with E-state index < -0.39 is 0 Å².